The zero-order valence-electron chi connectivity index (χ0n) is 52.8. The van der Waals surface area contributed by atoms with Crippen molar-refractivity contribution in [1.82, 2.24) is 0 Å². The Labute approximate surface area is 496 Å². The largest absolute Gasteiger partial charge is 0.462 e. The first kappa shape index (κ1) is 76.3. The summed E-state index contributed by atoms with van der Waals surface area (Å²) in [5, 5.41) is 0. The van der Waals surface area contributed by atoms with Gasteiger partial charge >= 0.3 is 17.9 Å². The highest BCUT2D eigenvalue weighted by molar-refractivity contribution is 5.71. The number of hydrogen-bond acceptors (Lipinski definition) is 6. The molecule has 1 atom stereocenters. The van der Waals surface area contributed by atoms with Crippen LogP contribution in [-0.4, -0.2) is 37.2 Å². The van der Waals surface area contributed by atoms with Crippen LogP contribution in [-0.2, 0) is 28.6 Å². The molecule has 0 saturated heterocycles. The lowest BCUT2D eigenvalue weighted by molar-refractivity contribution is -0.167. The maximum Gasteiger partial charge on any atom is 0.306 e. The standard InChI is InChI=1S/C74H128O6/c1-4-7-10-13-16-19-21-23-25-27-29-30-31-32-33-34-35-36-37-38-39-40-41-42-43-44-45-47-48-50-52-55-58-61-64-67-73(76)79-70-71(69-78-72(75)66-63-60-57-54-18-15-12-9-6-3)80-74(77)68-65-62-59-56-53-51-49-46-28-26-24-22-20-17-14-11-8-5-2/h7,10,16,19,23,25-26,28-30,32-33,35-36,38-39,71H,4-6,8-9,11-15,17-18,20-22,24,27,31,34,37,40-70H2,1-3H3/b10-7-,19-16-,25-23-,28-26-,30-29-,33-32-,36-35-,39-38-. The number of carbonyl (C=O) groups excluding carboxylic acids is 3. The number of ether oxygens (including phenoxy) is 3. The summed E-state index contributed by atoms with van der Waals surface area (Å²) < 4.78 is 16.9. The summed E-state index contributed by atoms with van der Waals surface area (Å²) in [6.07, 6.45) is 91.6. The first-order chi connectivity index (χ1) is 39.5. The molecule has 80 heavy (non-hydrogen) atoms. The molecule has 0 aromatic heterocycles. The second-order valence-electron chi connectivity index (χ2n) is 22.7. The summed E-state index contributed by atoms with van der Waals surface area (Å²) in [6, 6.07) is 0. The van der Waals surface area contributed by atoms with Gasteiger partial charge in [0, 0.05) is 19.3 Å². The first-order valence-electron chi connectivity index (χ1n) is 34.2. The highest BCUT2D eigenvalue weighted by Gasteiger charge is 2.19. The van der Waals surface area contributed by atoms with Crippen LogP contribution in [0, 0.1) is 0 Å². The van der Waals surface area contributed by atoms with Gasteiger partial charge < -0.3 is 14.2 Å². The van der Waals surface area contributed by atoms with E-state index in [9.17, 15) is 14.4 Å². The third kappa shape index (κ3) is 65.1. The summed E-state index contributed by atoms with van der Waals surface area (Å²) >= 11 is 0. The Morgan fingerprint density at radius 2 is 0.487 bits per heavy atom. The molecule has 6 heteroatoms. The quantitative estimate of drug-likeness (QED) is 0.0261. The van der Waals surface area contributed by atoms with Crippen LogP contribution >= 0.6 is 0 Å². The third-order valence-corrected chi connectivity index (χ3v) is 14.8. The van der Waals surface area contributed by atoms with Crippen molar-refractivity contribution in [2.75, 3.05) is 13.2 Å². The molecule has 0 spiro atoms. The first-order valence-corrected chi connectivity index (χ1v) is 34.2. The van der Waals surface area contributed by atoms with Gasteiger partial charge in [-0.05, 0) is 103 Å². The molecule has 0 rings (SSSR count). The summed E-state index contributed by atoms with van der Waals surface area (Å²) in [6.45, 7) is 6.53. The van der Waals surface area contributed by atoms with Crippen molar-refractivity contribution in [2.45, 2.75) is 341 Å². The molecule has 6 nitrogen and oxygen atoms in total. The molecule has 0 aliphatic heterocycles. The van der Waals surface area contributed by atoms with Crippen LogP contribution < -0.4 is 0 Å². The van der Waals surface area contributed by atoms with Crippen LogP contribution in [0.4, 0.5) is 0 Å². The van der Waals surface area contributed by atoms with E-state index >= 15 is 0 Å². The number of unbranched alkanes of at least 4 members (excludes halogenated alkanes) is 35. The van der Waals surface area contributed by atoms with E-state index in [0.717, 1.165) is 103 Å². The summed E-state index contributed by atoms with van der Waals surface area (Å²) in [4.78, 5) is 38.2. The number of esters is 3. The van der Waals surface area contributed by atoms with Gasteiger partial charge in [-0.25, -0.2) is 0 Å². The van der Waals surface area contributed by atoms with Crippen molar-refractivity contribution < 1.29 is 28.6 Å². The maximum atomic E-state index is 12.9. The Balaban J connectivity index is 4.11. The minimum Gasteiger partial charge on any atom is -0.462 e. The van der Waals surface area contributed by atoms with E-state index in [-0.39, 0.29) is 31.1 Å². The minimum atomic E-state index is -0.777. The normalized spacial score (nSPS) is 12.7. The van der Waals surface area contributed by atoms with Crippen molar-refractivity contribution in [2.24, 2.45) is 0 Å². The maximum absolute atomic E-state index is 12.9. The lowest BCUT2D eigenvalue weighted by atomic mass is 10.0. The van der Waals surface area contributed by atoms with Crippen LogP contribution in [0.25, 0.3) is 0 Å². The van der Waals surface area contributed by atoms with Crippen LogP contribution in [0.5, 0.6) is 0 Å². The zero-order valence-corrected chi connectivity index (χ0v) is 52.8. The smallest absolute Gasteiger partial charge is 0.306 e. The van der Waals surface area contributed by atoms with E-state index in [1.807, 2.05) is 0 Å². The summed E-state index contributed by atoms with van der Waals surface area (Å²) in [5.74, 6) is -0.869. The van der Waals surface area contributed by atoms with E-state index < -0.39 is 6.10 Å². The van der Waals surface area contributed by atoms with Crippen molar-refractivity contribution in [3.63, 3.8) is 0 Å². The lowest BCUT2D eigenvalue weighted by Crippen LogP contribution is -2.30. The topological polar surface area (TPSA) is 78.9 Å². The van der Waals surface area contributed by atoms with Crippen molar-refractivity contribution >= 4 is 17.9 Å². The molecule has 0 aromatic rings. The monoisotopic (exact) mass is 1110 g/mol. The molecule has 0 bridgehead atoms. The molecule has 1 unspecified atom stereocenters. The van der Waals surface area contributed by atoms with Crippen molar-refractivity contribution in [3.8, 4) is 0 Å². The van der Waals surface area contributed by atoms with Crippen LogP contribution in [0.2, 0.25) is 0 Å². The molecule has 0 amide bonds. The Kier molecular flexibility index (Phi) is 64.7. The van der Waals surface area contributed by atoms with Gasteiger partial charge in [-0.15, -0.1) is 0 Å². The Morgan fingerprint density at radius 3 is 0.775 bits per heavy atom. The summed E-state index contributed by atoms with van der Waals surface area (Å²) in [5.41, 5.74) is 0. The highest BCUT2D eigenvalue weighted by atomic mass is 16.6. The van der Waals surface area contributed by atoms with E-state index in [1.165, 1.54) is 193 Å². The molecule has 0 fully saturated rings. The Bertz CT molecular complexity index is 1560. The molecule has 0 saturated carbocycles. The lowest BCUT2D eigenvalue weighted by Gasteiger charge is -2.18. The fourth-order valence-corrected chi connectivity index (χ4v) is 9.71. The van der Waals surface area contributed by atoms with Gasteiger partial charge in [0.1, 0.15) is 13.2 Å². The average molecular weight is 1110 g/mol. The van der Waals surface area contributed by atoms with Crippen molar-refractivity contribution in [1.29, 1.82) is 0 Å². The van der Waals surface area contributed by atoms with Gasteiger partial charge in [0.2, 0.25) is 0 Å². The van der Waals surface area contributed by atoms with Gasteiger partial charge in [-0.3, -0.25) is 14.4 Å². The van der Waals surface area contributed by atoms with Crippen LogP contribution in [0.1, 0.15) is 335 Å². The predicted molar refractivity (Wildman–Crippen MR) is 348 cm³/mol. The number of rotatable bonds is 62. The average Bonchev–Trinajstić information content (AvgIpc) is 3.46. The number of hydrogen-bond donors (Lipinski definition) is 0. The van der Waals surface area contributed by atoms with E-state index in [2.05, 4.69) is 118 Å². The number of allylic oxidation sites excluding steroid dienone is 16. The van der Waals surface area contributed by atoms with E-state index in [1.54, 1.807) is 0 Å². The molecule has 0 radical (unpaired) electrons. The van der Waals surface area contributed by atoms with Gasteiger partial charge in [-0.1, -0.05) is 311 Å². The Hall–Kier alpha value is -3.67. The summed E-state index contributed by atoms with van der Waals surface area (Å²) in [7, 11) is 0. The molecule has 460 valence electrons. The van der Waals surface area contributed by atoms with E-state index in [4.69, 9.17) is 14.2 Å². The SMILES string of the molecule is CC/C=C\C/C=C\C/C=C\C/C=C\C/C=C\C/C=C\C/C=C\CCCCCCCCCCCCCCCC(=O)OCC(COC(=O)CCCCCCCCCCC)OC(=O)CCCCCCCCC/C=C\CCCCCCCCC. The zero-order chi connectivity index (χ0) is 57.8. The number of carbonyl (C=O) groups is 3. The Morgan fingerprint density at radius 1 is 0.263 bits per heavy atom. The predicted octanol–water partition coefficient (Wildman–Crippen LogP) is 23.6. The van der Waals surface area contributed by atoms with Gasteiger partial charge in [-0.2, -0.15) is 0 Å². The molecular formula is C74H128O6. The van der Waals surface area contributed by atoms with Gasteiger partial charge in [0.25, 0.3) is 0 Å². The fraction of sp³-hybridized carbons (Fsp3) is 0.743. The van der Waals surface area contributed by atoms with Crippen molar-refractivity contribution in [3.05, 3.63) is 97.2 Å². The molecule has 0 aromatic carbocycles. The highest BCUT2D eigenvalue weighted by Crippen LogP contribution is 2.17. The second-order valence-corrected chi connectivity index (χ2v) is 22.7. The molecule has 0 aliphatic rings. The minimum absolute atomic E-state index is 0.0747. The fourth-order valence-electron chi connectivity index (χ4n) is 9.71. The van der Waals surface area contributed by atoms with Crippen LogP contribution in [0.15, 0.2) is 97.2 Å². The van der Waals surface area contributed by atoms with Crippen LogP contribution in [0.3, 0.4) is 0 Å². The molecule has 0 N–H and O–H groups in total. The van der Waals surface area contributed by atoms with E-state index in [0.29, 0.717) is 19.3 Å². The molecule has 0 heterocycles. The molecule has 0 aliphatic carbocycles. The third-order valence-electron chi connectivity index (χ3n) is 14.8. The van der Waals surface area contributed by atoms with Gasteiger partial charge in [0.05, 0.1) is 0 Å². The van der Waals surface area contributed by atoms with Gasteiger partial charge in [0.15, 0.2) is 6.10 Å². The second kappa shape index (κ2) is 67.8. The molecular weight excluding hydrogens is 985 g/mol.